The maximum Gasteiger partial charge on any atom is 0.334 e. The van der Waals surface area contributed by atoms with E-state index in [1.54, 1.807) is 6.08 Å². The van der Waals surface area contributed by atoms with Crippen LogP contribution in [0.3, 0.4) is 0 Å². The summed E-state index contributed by atoms with van der Waals surface area (Å²) in [6, 6.07) is 0. The maximum absolute atomic E-state index is 13.4. The van der Waals surface area contributed by atoms with E-state index in [1.807, 2.05) is 0 Å². The van der Waals surface area contributed by atoms with E-state index in [4.69, 9.17) is 56.7 Å². The third-order valence-corrected chi connectivity index (χ3v) is 6.32. The molecule has 8 N–H and O–H groups in total. The number of hydrogen-bond donors (Lipinski definition) is 4. The Labute approximate surface area is 286 Å². The summed E-state index contributed by atoms with van der Waals surface area (Å²) in [5.41, 5.74) is -5.64. The number of hydrogen-bond acceptors (Lipinski definition) is 22. The predicted molar refractivity (Wildman–Crippen MR) is 161 cm³/mol. The third kappa shape index (κ3) is 17.4. The largest absolute Gasteiger partial charge is 0.465 e. The van der Waals surface area contributed by atoms with Crippen molar-refractivity contribution in [3.05, 3.63) is 12.7 Å². The second kappa shape index (κ2) is 24.0. The zero-order valence-corrected chi connectivity index (χ0v) is 28.1. The highest BCUT2D eigenvalue weighted by atomic mass is 16.7. The molecule has 0 aliphatic carbocycles. The number of allylic oxidation sites excluding steroid dienone is 1. The summed E-state index contributed by atoms with van der Waals surface area (Å²) >= 11 is 0. The first-order chi connectivity index (χ1) is 23.6. The van der Waals surface area contributed by atoms with Gasteiger partial charge in [0.15, 0.2) is 26.4 Å². The fourth-order valence-electron chi connectivity index (χ4n) is 3.24. The summed E-state index contributed by atoms with van der Waals surface area (Å²) in [6.45, 7) is 0.0550. The van der Waals surface area contributed by atoms with Crippen molar-refractivity contribution < 1.29 is 86.1 Å². The fourth-order valence-corrected chi connectivity index (χ4v) is 3.24. The number of unbranched alkanes of at least 4 members (excludes halogenated alkanes) is 1. The van der Waals surface area contributed by atoms with Crippen LogP contribution in [0.5, 0.6) is 0 Å². The second-order valence-corrected chi connectivity index (χ2v) is 11.3. The van der Waals surface area contributed by atoms with Crippen molar-refractivity contribution in [3.63, 3.8) is 0 Å². The number of rotatable bonds is 27. The molecular formula is C28H46N4O18. The first kappa shape index (κ1) is 45.7. The standard InChI is InChI=1S/C28H46N4O18/c1-5-6-7-8-40-23(37)28(4,17-45-24(38)26(2,13-41-19(33)9-47-29)14-42-20(34)10-48-30)18-46-25(39)27(3,15-43-21(35)11-49-31)16-44-22(36)12-50-32/h5H,1,6-18,29-32H2,2-4H3. The average molecular weight is 727 g/mol. The molecule has 0 aliphatic heterocycles. The van der Waals surface area contributed by atoms with Crippen molar-refractivity contribution in [2.45, 2.75) is 33.6 Å². The van der Waals surface area contributed by atoms with E-state index in [1.165, 1.54) is 20.8 Å². The van der Waals surface area contributed by atoms with Gasteiger partial charge in [-0.05, 0) is 33.6 Å². The quantitative estimate of drug-likeness (QED) is 0.0220. The molecule has 0 fully saturated rings. The molecule has 0 aromatic carbocycles. The summed E-state index contributed by atoms with van der Waals surface area (Å²) in [7, 11) is 0. The first-order valence-electron chi connectivity index (χ1n) is 14.6. The molecule has 0 saturated carbocycles. The smallest absolute Gasteiger partial charge is 0.334 e. The van der Waals surface area contributed by atoms with Crippen LogP contribution in [0.15, 0.2) is 12.7 Å². The molecule has 22 heteroatoms. The first-order valence-corrected chi connectivity index (χ1v) is 14.6. The Balaban J connectivity index is 6.18. The van der Waals surface area contributed by atoms with Gasteiger partial charge in [-0.3, -0.25) is 33.7 Å². The number of esters is 7. The number of ether oxygens (including phenoxy) is 7. The Morgan fingerprint density at radius 2 is 0.740 bits per heavy atom. The third-order valence-electron chi connectivity index (χ3n) is 6.32. The molecule has 0 atom stereocenters. The summed E-state index contributed by atoms with van der Waals surface area (Å²) in [4.78, 5) is 104. The van der Waals surface area contributed by atoms with Crippen LogP contribution in [0.4, 0.5) is 0 Å². The van der Waals surface area contributed by atoms with Crippen LogP contribution < -0.4 is 23.6 Å². The normalized spacial score (nSPS) is 11.5. The molecule has 0 rings (SSSR count). The van der Waals surface area contributed by atoms with Crippen molar-refractivity contribution in [2.75, 3.05) is 72.7 Å². The van der Waals surface area contributed by atoms with Gasteiger partial charge in [0.05, 0.1) is 6.61 Å². The van der Waals surface area contributed by atoms with Crippen molar-refractivity contribution in [1.29, 1.82) is 0 Å². The van der Waals surface area contributed by atoms with Gasteiger partial charge in [0.25, 0.3) is 0 Å². The molecule has 0 amide bonds. The van der Waals surface area contributed by atoms with E-state index >= 15 is 0 Å². The minimum absolute atomic E-state index is 0.0889. The number of nitrogens with two attached hydrogens (primary N) is 4. The molecule has 0 radical (unpaired) electrons. The molecule has 0 saturated heterocycles. The van der Waals surface area contributed by atoms with Gasteiger partial charge < -0.3 is 33.2 Å². The van der Waals surface area contributed by atoms with E-state index in [9.17, 15) is 33.6 Å². The van der Waals surface area contributed by atoms with E-state index < -0.39 is 124 Å². The SMILES string of the molecule is C=CCCCOC(=O)C(C)(COC(=O)C(C)(COC(=O)CON)COC(=O)CON)COC(=O)C(C)(COC(=O)CON)COC(=O)CON. The summed E-state index contributed by atoms with van der Waals surface area (Å²) in [6.07, 6.45) is 2.47. The van der Waals surface area contributed by atoms with Crippen molar-refractivity contribution in [1.82, 2.24) is 0 Å². The second-order valence-electron chi connectivity index (χ2n) is 11.3. The zero-order valence-electron chi connectivity index (χ0n) is 28.1. The van der Waals surface area contributed by atoms with E-state index in [0.717, 1.165) is 0 Å². The average Bonchev–Trinajstić information content (AvgIpc) is 3.08. The highest BCUT2D eigenvalue weighted by molar-refractivity contribution is 5.82. The van der Waals surface area contributed by atoms with Crippen LogP contribution >= 0.6 is 0 Å². The Bertz CT molecular complexity index is 1040. The van der Waals surface area contributed by atoms with Crippen LogP contribution in [-0.2, 0) is 86.1 Å². The molecule has 50 heavy (non-hydrogen) atoms. The van der Waals surface area contributed by atoms with Crippen molar-refractivity contribution in [2.24, 2.45) is 39.8 Å². The van der Waals surface area contributed by atoms with Gasteiger partial charge in [-0.15, -0.1) is 6.58 Å². The van der Waals surface area contributed by atoms with Crippen LogP contribution in [0.25, 0.3) is 0 Å². The highest BCUT2D eigenvalue weighted by Gasteiger charge is 2.45. The predicted octanol–water partition coefficient (Wildman–Crippen LogP) is -2.66. The molecule has 0 bridgehead atoms. The van der Waals surface area contributed by atoms with E-state index in [0.29, 0.717) is 12.8 Å². The molecule has 0 aromatic heterocycles. The Hall–Kier alpha value is -4.29. The Morgan fingerprint density at radius 3 is 1.00 bits per heavy atom. The topological polar surface area (TPSA) is 325 Å². The van der Waals surface area contributed by atoms with Crippen LogP contribution in [0.2, 0.25) is 0 Å². The summed E-state index contributed by atoms with van der Waals surface area (Å²) in [5.74, 6) is 12.3. The molecule has 0 heterocycles. The van der Waals surface area contributed by atoms with Crippen LogP contribution in [0, 0.1) is 16.2 Å². The minimum atomic E-state index is -1.90. The molecule has 0 aromatic rings. The van der Waals surface area contributed by atoms with Gasteiger partial charge in [-0.1, -0.05) is 6.08 Å². The van der Waals surface area contributed by atoms with Gasteiger partial charge >= 0.3 is 41.8 Å². The molecular weight excluding hydrogens is 680 g/mol. The maximum atomic E-state index is 13.4. The summed E-state index contributed by atoms with van der Waals surface area (Å²) in [5, 5.41) is 0. The Kier molecular flexibility index (Phi) is 21.9. The lowest BCUT2D eigenvalue weighted by Crippen LogP contribution is -2.47. The summed E-state index contributed by atoms with van der Waals surface area (Å²) < 4.78 is 36.0. The molecule has 22 nitrogen and oxygen atoms in total. The van der Waals surface area contributed by atoms with Crippen LogP contribution in [0.1, 0.15) is 33.6 Å². The van der Waals surface area contributed by atoms with Gasteiger partial charge in [0.2, 0.25) is 0 Å². The van der Waals surface area contributed by atoms with Crippen LogP contribution in [-0.4, -0.2) is 114 Å². The molecule has 0 spiro atoms. The molecule has 286 valence electrons. The zero-order chi connectivity index (χ0) is 38.2. The number of carbonyl (C=O) groups is 7. The van der Waals surface area contributed by atoms with Gasteiger partial charge in [-0.25, -0.2) is 42.8 Å². The molecule has 0 aliphatic rings. The van der Waals surface area contributed by atoms with Crippen molar-refractivity contribution >= 4 is 41.8 Å². The Morgan fingerprint density at radius 1 is 0.480 bits per heavy atom. The molecule has 0 unspecified atom stereocenters. The van der Waals surface area contributed by atoms with Gasteiger partial charge in [0, 0.05) is 0 Å². The lowest BCUT2D eigenvalue weighted by molar-refractivity contribution is -0.182. The minimum Gasteiger partial charge on any atom is -0.465 e. The number of carbonyl (C=O) groups excluding carboxylic acids is 7. The monoisotopic (exact) mass is 726 g/mol. The van der Waals surface area contributed by atoms with Gasteiger partial charge in [0.1, 0.15) is 55.9 Å². The van der Waals surface area contributed by atoms with E-state index in [2.05, 4.69) is 25.9 Å². The highest BCUT2D eigenvalue weighted by Crippen LogP contribution is 2.28. The van der Waals surface area contributed by atoms with E-state index in [-0.39, 0.29) is 6.61 Å². The lowest BCUT2D eigenvalue weighted by atomic mass is 9.90. The lowest BCUT2D eigenvalue weighted by Gasteiger charge is -2.32. The van der Waals surface area contributed by atoms with Crippen molar-refractivity contribution in [3.8, 4) is 0 Å². The fraction of sp³-hybridized carbons (Fsp3) is 0.679. The van der Waals surface area contributed by atoms with Gasteiger partial charge in [-0.2, -0.15) is 0 Å².